The molecule has 2 bridgehead atoms. The molecular formula is C16H22N2O3. The molecular weight excluding hydrogens is 268 g/mol. The van der Waals surface area contributed by atoms with E-state index in [2.05, 4.69) is 24.4 Å². The molecule has 2 fully saturated rings. The lowest BCUT2D eigenvalue weighted by atomic mass is 10.0. The van der Waals surface area contributed by atoms with Crippen LogP contribution >= 0.6 is 0 Å². The summed E-state index contributed by atoms with van der Waals surface area (Å²) in [5, 5.41) is 3.09. The SMILES string of the molecule is Cc1ccccc1C(C)NC(=O)N1CC2COCC(C1)O2. The minimum atomic E-state index is -0.0223. The number of carbonyl (C=O) groups is 1. The van der Waals surface area contributed by atoms with E-state index in [0.29, 0.717) is 26.3 Å². The Bertz CT molecular complexity index is 508. The first-order valence-electron chi connectivity index (χ1n) is 7.47. The highest BCUT2D eigenvalue weighted by molar-refractivity contribution is 5.75. The Hall–Kier alpha value is -1.59. The smallest absolute Gasteiger partial charge is 0.318 e. The van der Waals surface area contributed by atoms with Crippen molar-refractivity contribution in [3.05, 3.63) is 35.4 Å². The van der Waals surface area contributed by atoms with E-state index < -0.39 is 0 Å². The number of fused-ring (bicyclic) bond motifs is 2. The molecule has 3 rings (SSSR count). The number of hydrogen-bond acceptors (Lipinski definition) is 3. The number of urea groups is 1. The van der Waals surface area contributed by atoms with Crippen molar-refractivity contribution in [2.24, 2.45) is 0 Å². The van der Waals surface area contributed by atoms with Gasteiger partial charge in [-0.1, -0.05) is 24.3 Å². The van der Waals surface area contributed by atoms with Crippen molar-refractivity contribution in [3.63, 3.8) is 0 Å². The third-order valence-electron chi connectivity index (χ3n) is 4.12. The van der Waals surface area contributed by atoms with E-state index in [1.54, 1.807) is 0 Å². The second kappa shape index (κ2) is 6.03. The fraction of sp³-hybridized carbons (Fsp3) is 0.562. The van der Waals surface area contributed by atoms with Crippen LogP contribution in [0.5, 0.6) is 0 Å². The molecule has 2 aliphatic heterocycles. The van der Waals surface area contributed by atoms with Crippen LogP contribution in [0.1, 0.15) is 24.1 Å². The van der Waals surface area contributed by atoms with Gasteiger partial charge in [0.15, 0.2) is 0 Å². The van der Waals surface area contributed by atoms with Gasteiger partial charge < -0.3 is 19.7 Å². The normalized spacial score (nSPS) is 26.3. The minimum absolute atomic E-state index is 0.00219. The van der Waals surface area contributed by atoms with Gasteiger partial charge in [0.05, 0.1) is 44.6 Å². The highest BCUT2D eigenvalue weighted by Gasteiger charge is 2.34. The van der Waals surface area contributed by atoms with Gasteiger partial charge in [0, 0.05) is 0 Å². The Morgan fingerprint density at radius 1 is 1.29 bits per heavy atom. The van der Waals surface area contributed by atoms with Crippen LogP contribution in [-0.4, -0.2) is 49.4 Å². The maximum atomic E-state index is 12.4. The predicted molar refractivity (Wildman–Crippen MR) is 79.2 cm³/mol. The molecule has 5 heteroatoms. The van der Waals surface area contributed by atoms with Crippen LogP contribution in [0.4, 0.5) is 4.79 Å². The number of carbonyl (C=O) groups excluding carboxylic acids is 1. The van der Waals surface area contributed by atoms with Gasteiger partial charge in [-0.05, 0) is 25.0 Å². The van der Waals surface area contributed by atoms with Crippen LogP contribution in [0, 0.1) is 6.92 Å². The van der Waals surface area contributed by atoms with Gasteiger partial charge in [-0.3, -0.25) is 0 Å². The molecule has 0 aliphatic carbocycles. The van der Waals surface area contributed by atoms with E-state index in [1.807, 2.05) is 24.0 Å². The summed E-state index contributed by atoms with van der Waals surface area (Å²) < 4.78 is 11.2. The maximum absolute atomic E-state index is 12.4. The van der Waals surface area contributed by atoms with Gasteiger partial charge in [-0.25, -0.2) is 4.79 Å². The summed E-state index contributed by atoms with van der Waals surface area (Å²) in [6.45, 7) is 6.44. The van der Waals surface area contributed by atoms with Crippen LogP contribution in [0.25, 0.3) is 0 Å². The summed E-state index contributed by atoms with van der Waals surface area (Å²) in [7, 11) is 0. The number of aryl methyl sites for hydroxylation is 1. The molecule has 0 aromatic heterocycles. The third kappa shape index (κ3) is 3.19. The lowest BCUT2D eigenvalue weighted by Crippen LogP contribution is -2.57. The van der Waals surface area contributed by atoms with Crippen molar-refractivity contribution in [3.8, 4) is 0 Å². The van der Waals surface area contributed by atoms with Gasteiger partial charge in [-0.15, -0.1) is 0 Å². The Morgan fingerprint density at radius 2 is 1.95 bits per heavy atom. The van der Waals surface area contributed by atoms with Crippen molar-refractivity contribution in [2.45, 2.75) is 32.1 Å². The van der Waals surface area contributed by atoms with Crippen molar-refractivity contribution < 1.29 is 14.3 Å². The first kappa shape index (κ1) is 14.4. The second-order valence-electron chi connectivity index (χ2n) is 5.85. The number of hydrogen-bond donors (Lipinski definition) is 1. The van der Waals surface area contributed by atoms with Gasteiger partial charge in [0.2, 0.25) is 0 Å². The van der Waals surface area contributed by atoms with E-state index in [-0.39, 0.29) is 24.3 Å². The summed E-state index contributed by atoms with van der Waals surface area (Å²) in [5.74, 6) is 0. The standard InChI is InChI=1S/C16H22N2O3/c1-11-5-3-4-6-15(11)12(2)17-16(19)18-7-13-9-20-10-14(8-18)21-13/h3-6,12-14H,7-10H2,1-2H3,(H,17,19). The zero-order valence-electron chi connectivity index (χ0n) is 12.5. The zero-order chi connectivity index (χ0) is 14.8. The molecule has 1 aromatic rings. The Morgan fingerprint density at radius 3 is 2.62 bits per heavy atom. The highest BCUT2D eigenvalue weighted by Crippen LogP contribution is 2.20. The Balaban J connectivity index is 1.62. The fourth-order valence-electron chi connectivity index (χ4n) is 3.03. The maximum Gasteiger partial charge on any atom is 0.318 e. The minimum Gasteiger partial charge on any atom is -0.376 e. The van der Waals surface area contributed by atoms with Crippen LogP contribution in [0.15, 0.2) is 24.3 Å². The van der Waals surface area contributed by atoms with Gasteiger partial charge in [0.1, 0.15) is 0 Å². The van der Waals surface area contributed by atoms with E-state index in [9.17, 15) is 4.79 Å². The zero-order valence-corrected chi connectivity index (χ0v) is 12.5. The van der Waals surface area contributed by atoms with Crippen LogP contribution in [0.2, 0.25) is 0 Å². The first-order chi connectivity index (χ1) is 10.1. The van der Waals surface area contributed by atoms with E-state index >= 15 is 0 Å². The number of ether oxygens (including phenoxy) is 2. The quantitative estimate of drug-likeness (QED) is 0.904. The molecule has 2 amide bonds. The highest BCUT2D eigenvalue weighted by atomic mass is 16.6. The number of benzene rings is 1. The first-order valence-corrected chi connectivity index (χ1v) is 7.47. The Labute approximate surface area is 125 Å². The average molecular weight is 290 g/mol. The second-order valence-corrected chi connectivity index (χ2v) is 5.85. The molecule has 2 aliphatic rings. The number of rotatable bonds is 2. The number of nitrogens with one attached hydrogen (secondary N) is 1. The lowest BCUT2D eigenvalue weighted by Gasteiger charge is -2.41. The summed E-state index contributed by atoms with van der Waals surface area (Å²) >= 11 is 0. The summed E-state index contributed by atoms with van der Waals surface area (Å²) in [5.41, 5.74) is 2.35. The average Bonchev–Trinajstić information content (AvgIpc) is 2.47. The van der Waals surface area contributed by atoms with Crippen molar-refractivity contribution in [1.29, 1.82) is 0 Å². The van der Waals surface area contributed by atoms with Crippen LogP contribution in [-0.2, 0) is 9.47 Å². The molecule has 0 spiro atoms. The molecule has 0 radical (unpaired) electrons. The van der Waals surface area contributed by atoms with Gasteiger partial charge in [0.25, 0.3) is 0 Å². The largest absolute Gasteiger partial charge is 0.376 e. The molecule has 3 atom stereocenters. The van der Waals surface area contributed by atoms with Crippen molar-refractivity contribution >= 4 is 6.03 Å². The molecule has 0 saturated carbocycles. The van der Waals surface area contributed by atoms with Crippen molar-refractivity contribution in [2.75, 3.05) is 26.3 Å². The molecule has 2 saturated heterocycles. The predicted octanol–water partition coefficient (Wildman–Crippen LogP) is 1.87. The molecule has 3 unspecified atom stereocenters. The summed E-state index contributed by atoms with van der Waals surface area (Å²) in [4.78, 5) is 14.3. The van der Waals surface area contributed by atoms with Gasteiger partial charge in [-0.2, -0.15) is 0 Å². The topological polar surface area (TPSA) is 50.8 Å². The monoisotopic (exact) mass is 290 g/mol. The van der Waals surface area contributed by atoms with E-state index in [0.717, 1.165) is 5.56 Å². The fourth-order valence-corrected chi connectivity index (χ4v) is 3.03. The molecule has 1 N–H and O–H groups in total. The molecule has 21 heavy (non-hydrogen) atoms. The third-order valence-corrected chi connectivity index (χ3v) is 4.12. The van der Waals surface area contributed by atoms with E-state index in [4.69, 9.17) is 9.47 Å². The number of nitrogens with zero attached hydrogens (tertiary/aromatic N) is 1. The number of amides is 2. The van der Waals surface area contributed by atoms with Crippen LogP contribution in [0.3, 0.4) is 0 Å². The molecule has 5 nitrogen and oxygen atoms in total. The number of morpholine rings is 1. The summed E-state index contributed by atoms with van der Waals surface area (Å²) in [6.07, 6.45) is 0.0223. The molecule has 114 valence electrons. The van der Waals surface area contributed by atoms with Crippen molar-refractivity contribution in [1.82, 2.24) is 10.2 Å². The lowest BCUT2D eigenvalue weighted by molar-refractivity contribution is -0.171. The van der Waals surface area contributed by atoms with Crippen LogP contribution < -0.4 is 5.32 Å². The Kier molecular flexibility index (Phi) is 4.12. The van der Waals surface area contributed by atoms with E-state index in [1.165, 1.54) is 5.56 Å². The molecule has 2 heterocycles. The van der Waals surface area contributed by atoms with Gasteiger partial charge >= 0.3 is 6.03 Å². The summed E-state index contributed by atoms with van der Waals surface area (Å²) in [6, 6.07) is 8.11. The molecule has 1 aromatic carbocycles.